The summed E-state index contributed by atoms with van der Waals surface area (Å²) < 4.78 is 14.9. The molecule has 1 unspecified atom stereocenters. The Morgan fingerprint density at radius 3 is 2.59 bits per heavy atom. The third-order valence-electron chi connectivity index (χ3n) is 5.70. The van der Waals surface area contributed by atoms with Crippen molar-refractivity contribution in [2.45, 2.75) is 26.3 Å². The first-order valence-electron chi connectivity index (χ1n) is 10.6. The maximum absolute atomic E-state index is 13.1. The Bertz CT molecular complexity index is 1110. The number of halogens is 1. The number of amides is 3. The number of nitrogens with one attached hydrogen (secondary N) is 2. The second-order valence-electron chi connectivity index (χ2n) is 7.83. The Labute approximate surface area is 186 Å². The molecule has 1 aromatic heterocycles. The zero-order valence-corrected chi connectivity index (χ0v) is 18.1. The Morgan fingerprint density at radius 2 is 1.88 bits per heavy atom. The molecule has 8 heteroatoms. The van der Waals surface area contributed by atoms with Crippen LogP contribution in [0.25, 0.3) is 5.69 Å². The molecule has 2 heterocycles. The van der Waals surface area contributed by atoms with Gasteiger partial charge in [0.2, 0.25) is 5.91 Å². The minimum atomic E-state index is -0.757. The third kappa shape index (κ3) is 4.34. The molecule has 0 aliphatic carbocycles. The molecule has 32 heavy (non-hydrogen) atoms. The van der Waals surface area contributed by atoms with Gasteiger partial charge in [-0.3, -0.25) is 4.79 Å². The largest absolute Gasteiger partial charge is 0.352 e. The van der Waals surface area contributed by atoms with Crippen molar-refractivity contribution < 1.29 is 14.0 Å². The number of para-hydroxylation sites is 1. The lowest BCUT2D eigenvalue weighted by Gasteiger charge is -2.35. The molecule has 1 atom stereocenters. The van der Waals surface area contributed by atoms with Crippen LogP contribution in [0.4, 0.5) is 9.18 Å². The summed E-state index contributed by atoms with van der Waals surface area (Å²) in [7, 11) is 0. The number of benzene rings is 2. The first kappa shape index (κ1) is 21.5. The van der Waals surface area contributed by atoms with Crippen molar-refractivity contribution in [3.8, 4) is 5.69 Å². The summed E-state index contributed by atoms with van der Waals surface area (Å²) >= 11 is 0. The van der Waals surface area contributed by atoms with Gasteiger partial charge in [-0.1, -0.05) is 30.3 Å². The maximum atomic E-state index is 13.1. The number of hydrogen-bond donors (Lipinski definition) is 2. The number of aryl methyl sites for hydroxylation is 1. The van der Waals surface area contributed by atoms with E-state index in [1.54, 1.807) is 21.7 Å². The van der Waals surface area contributed by atoms with Crippen LogP contribution in [0.5, 0.6) is 0 Å². The summed E-state index contributed by atoms with van der Waals surface area (Å²) in [4.78, 5) is 27.5. The molecule has 1 saturated heterocycles. The molecular weight excluding hydrogens is 409 g/mol. The van der Waals surface area contributed by atoms with Gasteiger partial charge in [-0.2, -0.15) is 5.10 Å². The lowest BCUT2D eigenvalue weighted by atomic mass is 10.0. The Hall–Kier alpha value is -3.68. The fourth-order valence-electron chi connectivity index (χ4n) is 4.11. The van der Waals surface area contributed by atoms with Crippen LogP contribution in [0.15, 0.2) is 54.6 Å². The van der Waals surface area contributed by atoms with Crippen molar-refractivity contribution >= 4 is 11.9 Å². The summed E-state index contributed by atoms with van der Waals surface area (Å²) in [6.07, 6.45) is 0.570. The van der Waals surface area contributed by atoms with E-state index in [-0.39, 0.29) is 17.8 Å². The predicted molar refractivity (Wildman–Crippen MR) is 119 cm³/mol. The average molecular weight is 436 g/mol. The molecule has 3 amide bonds. The van der Waals surface area contributed by atoms with Gasteiger partial charge in [-0.15, -0.1) is 0 Å². The van der Waals surface area contributed by atoms with E-state index in [0.717, 1.165) is 22.5 Å². The van der Waals surface area contributed by atoms with Gasteiger partial charge in [-0.05, 0) is 50.1 Å². The number of urea groups is 1. The smallest absolute Gasteiger partial charge is 0.318 e. The van der Waals surface area contributed by atoms with Gasteiger partial charge in [-0.25, -0.2) is 13.9 Å². The van der Waals surface area contributed by atoms with Crippen LogP contribution in [-0.4, -0.2) is 46.3 Å². The van der Waals surface area contributed by atoms with Gasteiger partial charge in [0.25, 0.3) is 0 Å². The molecule has 4 rings (SSSR count). The average Bonchev–Trinajstić information content (AvgIpc) is 3.09. The van der Waals surface area contributed by atoms with Gasteiger partial charge in [0.05, 0.1) is 11.4 Å². The predicted octanol–water partition coefficient (Wildman–Crippen LogP) is 3.05. The van der Waals surface area contributed by atoms with Crippen LogP contribution in [0.1, 0.15) is 28.6 Å². The van der Waals surface area contributed by atoms with Gasteiger partial charge < -0.3 is 15.5 Å². The molecular formula is C24H26FN5O2. The summed E-state index contributed by atoms with van der Waals surface area (Å²) in [6.45, 7) is 4.94. The number of carbonyl (C=O) groups excluding carboxylic acids is 2. The highest BCUT2D eigenvalue weighted by Crippen LogP contribution is 2.30. The highest BCUT2D eigenvalue weighted by Gasteiger charge is 2.38. The third-order valence-corrected chi connectivity index (χ3v) is 5.70. The first-order valence-corrected chi connectivity index (χ1v) is 10.6. The number of nitrogens with zero attached hydrogens (tertiary/aromatic N) is 3. The van der Waals surface area contributed by atoms with E-state index in [1.165, 1.54) is 12.1 Å². The van der Waals surface area contributed by atoms with E-state index in [4.69, 9.17) is 0 Å². The lowest BCUT2D eigenvalue weighted by molar-refractivity contribution is -0.127. The van der Waals surface area contributed by atoms with E-state index in [2.05, 4.69) is 15.7 Å². The van der Waals surface area contributed by atoms with E-state index in [1.807, 2.05) is 44.2 Å². The number of aromatic nitrogens is 2. The van der Waals surface area contributed by atoms with Crippen molar-refractivity contribution in [3.63, 3.8) is 0 Å². The van der Waals surface area contributed by atoms with Gasteiger partial charge in [0, 0.05) is 30.9 Å². The van der Waals surface area contributed by atoms with Crippen molar-refractivity contribution in [1.82, 2.24) is 25.3 Å². The van der Waals surface area contributed by atoms with E-state index < -0.39 is 6.04 Å². The van der Waals surface area contributed by atoms with E-state index >= 15 is 0 Å². The SMILES string of the molecule is Cc1nn(-c2ccccc2)c(C)c1C1C(=O)NCCN1C(=O)NCCc1ccc(F)cc1. The van der Waals surface area contributed by atoms with Crippen molar-refractivity contribution in [1.29, 1.82) is 0 Å². The van der Waals surface area contributed by atoms with Crippen LogP contribution in [0.3, 0.4) is 0 Å². The standard InChI is InChI=1S/C24H26FN5O2/c1-16-21(17(2)30(28-16)20-6-4-3-5-7-20)22-23(31)26-14-15-29(22)24(32)27-13-12-18-8-10-19(25)11-9-18/h3-11,22H,12-15H2,1-2H3,(H,26,31)(H,27,32). The monoisotopic (exact) mass is 435 g/mol. The van der Waals surface area contributed by atoms with Crippen LogP contribution in [0.2, 0.25) is 0 Å². The highest BCUT2D eigenvalue weighted by molar-refractivity contribution is 5.89. The second-order valence-corrected chi connectivity index (χ2v) is 7.83. The summed E-state index contributed by atoms with van der Waals surface area (Å²) in [6, 6.07) is 14.8. The molecule has 2 aromatic carbocycles. The molecule has 0 spiro atoms. The number of hydrogen-bond acceptors (Lipinski definition) is 3. The molecule has 3 aromatic rings. The minimum Gasteiger partial charge on any atom is -0.352 e. The molecule has 0 bridgehead atoms. The number of rotatable bonds is 5. The van der Waals surface area contributed by atoms with Gasteiger partial charge in [0.15, 0.2) is 0 Å². The summed E-state index contributed by atoms with van der Waals surface area (Å²) in [5.74, 6) is -0.509. The quantitative estimate of drug-likeness (QED) is 0.647. The molecule has 1 fully saturated rings. The van der Waals surface area contributed by atoms with E-state index in [0.29, 0.717) is 31.7 Å². The molecule has 166 valence electrons. The Kier molecular flexibility index (Phi) is 6.20. The molecule has 1 aliphatic rings. The zero-order valence-electron chi connectivity index (χ0n) is 18.1. The van der Waals surface area contributed by atoms with Crippen molar-refractivity contribution in [3.05, 3.63) is 82.9 Å². The Balaban J connectivity index is 1.54. The van der Waals surface area contributed by atoms with Crippen LogP contribution >= 0.6 is 0 Å². The molecule has 0 radical (unpaired) electrons. The van der Waals surface area contributed by atoms with Crippen molar-refractivity contribution in [2.75, 3.05) is 19.6 Å². The maximum Gasteiger partial charge on any atom is 0.318 e. The van der Waals surface area contributed by atoms with Crippen LogP contribution in [-0.2, 0) is 11.2 Å². The molecule has 0 saturated carbocycles. The second kappa shape index (κ2) is 9.21. The fourth-order valence-corrected chi connectivity index (χ4v) is 4.11. The van der Waals surface area contributed by atoms with Crippen molar-refractivity contribution in [2.24, 2.45) is 0 Å². The number of carbonyl (C=O) groups is 2. The first-order chi connectivity index (χ1) is 15.5. The molecule has 7 nitrogen and oxygen atoms in total. The fraction of sp³-hybridized carbons (Fsp3) is 0.292. The highest BCUT2D eigenvalue weighted by atomic mass is 19.1. The zero-order chi connectivity index (χ0) is 22.7. The van der Waals surface area contributed by atoms with Gasteiger partial charge >= 0.3 is 6.03 Å². The van der Waals surface area contributed by atoms with Crippen LogP contribution in [0, 0.1) is 19.7 Å². The molecule has 2 N–H and O–H groups in total. The normalized spacial score (nSPS) is 16.0. The van der Waals surface area contributed by atoms with E-state index in [9.17, 15) is 14.0 Å². The lowest BCUT2D eigenvalue weighted by Crippen LogP contribution is -2.55. The summed E-state index contributed by atoms with van der Waals surface area (Å²) in [5.41, 5.74) is 4.08. The number of piperazine rings is 1. The Morgan fingerprint density at radius 1 is 1.16 bits per heavy atom. The van der Waals surface area contributed by atoms with Gasteiger partial charge in [0.1, 0.15) is 11.9 Å². The molecule has 1 aliphatic heterocycles. The van der Waals surface area contributed by atoms with Crippen LogP contribution < -0.4 is 10.6 Å². The topological polar surface area (TPSA) is 79.3 Å². The summed E-state index contributed by atoms with van der Waals surface area (Å²) in [5, 5.41) is 10.4. The minimum absolute atomic E-state index is 0.219.